The molecule has 0 unspecified atom stereocenters. The van der Waals surface area contributed by atoms with Gasteiger partial charge in [0, 0.05) is 5.56 Å². The first-order valence-electron chi connectivity index (χ1n) is 9.92. The van der Waals surface area contributed by atoms with Crippen molar-refractivity contribution >= 4 is 23.3 Å². The van der Waals surface area contributed by atoms with E-state index in [-0.39, 0.29) is 47.9 Å². The van der Waals surface area contributed by atoms with Gasteiger partial charge in [0.05, 0.1) is 17.5 Å². The maximum absolute atomic E-state index is 13.1. The monoisotopic (exact) mass is 387 g/mol. The summed E-state index contributed by atoms with van der Waals surface area (Å²) in [5, 5.41) is 0. The lowest BCUT2D eigenvalue weighted by Gasteiger charge is -2.20. The lowest BCUT2D eigenvalue weighted by molar-refractivity contribution is -0.123. The maximum atomic E-state index is 13.1. The molecule has 0 N–H and O–H groups in total. The number of amides is 2. The molecule has 0 radical (unpaired) electrons. The number of benzene rings is 2. The number of hydrogen-bond acceptors (Lipinski definition) is 4. The molecule has 29 heavy (non-hydrogen) atoms. The van der Waals surface area contributed by atoms with Crippen molar-refractivity contribution in [1.82, 2.24) is 0 Å². The van der Waals surface area contributed by atoms with Crippen LogP contribution in [0.4, 0.5) is 5.69 Å². The van der Waals surface area contributed by atoms with Crippen molar-refractivity contribution in [2.24, 2.45) is 23.7 Å². The highest BCUT2D eigenvalue weighted by atomic mass is 16.5. The number of carbonyl (C=O) groups excluding carboxylic acids is 3. The van der Waals surface area contributed by atoms with Crippen LogP contribution in [-0.2, 0) is 9.59 Å². The Morgan fingerprint density at radius 2 is 1.59 bits per heavy atom. The Balaban J connectivity index is 1.38. The summed E-state index contributed by atoms with van der Waals surface area (Å²) in [6, 6.07) is 14.2. The molecular weight excluding hydrogens is 366 g/mol. The van der Waals surface area contributed by atoms with Gasteiger partial charge in [-0.05, 0) is 37.3 Å². The highest BCUT2D eigenvalue weighted by Gasteiger charge is 2.59. The molecule has 1 saturated carbocycles. The third kappa shape index (κ3) is 2.80. The van der Waals surface area contributed by atoms with Crippen LogP contribution in [0.15, 0.2) is 60.7 Å². The highest BCUT2D eigenvalue weighted by molar-refractivity contribution is 6.23. The summed E-state index contributed by atoms with van der Waals surface area (Å²) in [5.41, 5.74) is 2.07. The predicted molar refractivity (Wildman–Crippen MR) is 108 cm³/mol. The number of carbonyl (C=O) groups is 3. The Morgan fingerprint density at radius 1 is 0.966 bits per heavy atom. The number of imide groups is 1. The second-order valence-corrected chi connectivity index (χ2v) is 8.06. The Morgan fingerprint density at radius 3 is 2.24 bits per heavy atom. The van der Waals surface area contributed by atoms with Gasteiger partial charge in [0.15, 0.2) is 12.4 Å². The number of hydrogen-bond donors (Lipinski definition) is 0. The molecule has 1 saturated heterocycles. The van der Waals surface area contributed by atoms with E-state index in [9.17, 15) is 14.4 Å². The second-order valence-electron chi connectivity index (χ2n) is 8.06. The largest absolute Gasteiger partial charge is 0.483 e. The van der Waals surface area contributed by atoms with Crippen LogP contribution in [-0.4, -0.2) is 24.2 Å². The van der Waals surface area contributed by atoms with Crippen LogP contribution < -0.4 is 9.64 Å². The molecule has 2 aliphatic carbocycles. The summed E-state index contributed by atoms with van der Waals surface area (Å²) >= 11 is 0. The summed E-state index contributed by atoms with van der Waals surface area (Å²) < 4.78 is 5.77. The van der Waals surface area contributed by atoms with E-state index in [0.717, 1.165) is 12.0 Å². The van der Waals surface area contributed by atoms with E-state index in [2.05, 4.69) is 12.2 Å². The number of ketones is 1. The predicted octanol–water partition coefficient (Wildman–Crippen LogP) is 3.57. The topological polar surface area (TPSA) is 63.7 Å². The van der Waals surface area contributed by atoms with Gasteiger partial charge >= 0.3 is 0 Å². The molecule has 2 aromatic carbocycles. The Bertz CT molecular complexity index is 1010. The van der Waals surface area contributed by atoms with Crippen LogP contribution in [0.1, 0.15) is 22.3 Å². The number of Topliss-reactive ketones (excluding diaryl/α,β-unsaturated/α-hetero) is 1. The number of rotatable bonds is 5. The first-order valence-corrected chi connectivity index (χ1v) is 9.92. The quantitative estimate of drug-likeness (QED) is 0.447. The zero-order chi connectivity index (χ0) is 20.1. The van der Waals surface area contributed by atoms with E-state index in [0.29, 0.717) is 17.0 Å². The number of allylic oxidation sites excluding steroid dienone is 2. The number of ether oxygens (including phenoxy) is 1. The fraction of sp³-hybridized carbons (Fsp3) is 0.292. The minimum absolute atomic E-state index is 0.155. The van der Waals surface area contributed by atoms with Gasteiger partial charge in [-0.3, -0.25) is 14.4 Å². The number of nitrogens with zero attached hydrogens (tertiary/aromatic N) is 1. The van der Waals surface area contributed by atoms with E-state index in [1.165, 1.54) is 4.90 Å². The molecule has 1 aliphatic heterocycles. The molecule has 3 aliphatic rings. The van der Waals surface area contributed by atoms with Crippen molar-refractivity contribution < 1.29 is 19.1 Å². The van der Waals surface area contributed by atoms with E-state index in [1.54, 1.807) is 36.4 Å². The summed E-state index contributed by atoms with van der Waals surface area (Å²) in [6.07, 6.45) is 5.04. The fourth-order valence-electron chi connectivity index (χ4n) is 4.87. The molecular formula is C24H21NO4. The average Bonchev–Trinajstić information content (AvgIpc) is 3.41. The third-order valence-corrected chi connectivity index (χ3v) is 6.31. The van der Waals surface area contributed by atoms with E-state index < -0.39 is 0 Å². The molecule has 146 valence electrons. The van der Waals surface area contributed by atoms with E-state index in [4.69, 9.17) is 4.74 Å². The van der Waals surface area contributed by atoms with Gasteiger partial charge in [-0.25, -0.2) is 4.90 Å². The van der Waals surface area contributed by atoms with Gasteiger partial charge in [-0.2, -0.15) is 0 Å². The molecule has 2 aromatic rings. The zero-order valence-electron chi connectivity index (χ0n) is 16.1. The number of anilines is 1. The van der Waals surface area contributed by atoms with Crippen LogP contribution in [0.2, 0.25) is 0 Å². The van der Waals surface area contributed by atoms with Crippen LogP contribution in [0.3, 0.4) is 0 Å². The van der Waals surface area contributed by atoms with E-state index in [1.807, 2.05) is 19.1 Å². The molecule has 2 amide bonds. The SMILES string of the molecule is Cc1ccc(C(=O)COc2ccccc2N2C(=O)[C@H]3[C@H](C2=O)[C@H]2C=C[C@H]3C2)cc1. The molecule has 0 aromatic heterocycles. The Kier molecular flexibility index (Phi) is 4.12. The lowest BCUT2D eigenvalue weighted by Crippen LogP contribution is -2.33. The lowest BCUT2D eigenvalue weighted by atomic mass is 9.85. The number of aryl methyl sites for hydroxylation is 1. The molecule has 1 heterocycles. The van der Waals surface area contributed by atoms with Crippen LogP contribution >= 0.6 is 0 Å². The van der Waals surface area contributed by atoms with Gasteiger partial charge in [0.25, 0.3) is 0 Å². The van der Waals surface area contributed by atoms with Crippen LogP contribution in [0.5, 0.6) is 5.75 Å². The van der Waals surface area contributed by atoms with Gasteiger partial charge in [-0.15, -0.1) is 0 Å². The normalized spacial score (nSPS) is 26.9. The Labute approximate surface area is 169 Å². The van der Waals surface area contributed by atoms with Crippen molar-refractivity contribution in [1.29, 1.82) is 0 Å². The molecule has 5 heteroatoms. The molecule has 4 atom stereocenters. The van der Waals surface area contributed by atoms with Gasteiger partial charge in [-0.1, -0.05) is 54.1 Å². The molecule has 2 bridgehead atoms. The fourth-order valence-corrected chi connectivity index (χ4v) is 4.87. The maximum Gasteiger partial charge on any atom is 0.238 e. The number of para-hydroxylation sites is 2. The highest BCUT2D eigenvalue weighted by Crippen LogP contribution is 2.53. The van der Waals surface area contributed by atoms with Gasteiger partial charge in [0.1, 0.15) is 5.75 Å². The smallest absolute Gasteiger partial charge is 0.238 e. The average molecular weight is 387 g/mol. The van der Waals surface area contributed by atoms with Crippen molar-refractivity contribution in [3.63, 3.8) is 0 Å². The minimum atomic E-state index is -0.264. The standard InChI is InChI=1S/C24H21NO4/c1-14-6-8-15(9-7-14)19(26)13-29-20-5-3-2-4-18(20)25-23(27)21-16-10-11-17(12-16)22(21)24(25)28/h2-11,16-17,21-22H,12-13H2,1H3/t16-,17-,21+,22+/m0/s1. The van der Waals surface area contributed by atoms with Crippen molar-refractivity contribution in [3.8, 4) is 5.75 Å². The second kappa shape index (κ2) is 6.69. The van der Waals surface area contributed by atoms with Crippen molar-refractivity contribution in [2.45, 2.75) is 13.3 Å². The summed E-state index contributed by atoms with van der Waals surface area (Å²) in [7, 11) is 0. The first-order chi connectivity index (χ1) is 14.0. The van der Waals surface area contributed by atoms with Crippen LogP contribution in [0, 0.1) is 30.6 Å². The minimum Gasteiger partial charge on any atom is -0.483 e. The number of fused-ring (bicyclic) bond motifs is 5. The van der Waals surface area contributed by atoms with Crippen LogP contribution in [0.25, 0.3) is 0 Å². The zero-order valence-corrected chi connectivity index (χ0v) is 16.1. The third-order valence-electron chi connectivity index (χ3n) is 6.31. The molecule has 2 fully saturated rings. The molecule has 0 spiro atoms. The van der Waals surface area contributed by atoms with E-state index >= 15 is 0 Å². The van der Waals surface area contributed by atoms with Crippen molar-refractivity contribution in [3.05, 3.63) is 71.8 Å². The first kappa shape index (κ1) is 17.9. The summed E-state index contributed by atoms with van der Waals surface area (Å²) in [4.78, 5) is 39.9. The van der Waals surface area contributed by atoms with Gasteiger partial charge in [0.2, 0.25) is 11.8 Å². The molecule has 5 rings (SSSR count). The summed E-state index contributed by atoms with van der Waals surface area (Å²) in [5.74, 6) is -0.312. The van der Waals surface area contributed by atoms with Crippen molar-refractivity contribution in [2.75, 3.05) is 11.5 Å². The Hall–Kier alpha value is -3.21. The van der Waals surface area contributed by atoms with Gasteiger partial charge < -0.3 is 4.74 Å². The summed E-state index contributed by atoms with van der Waals surface area (Å²) in [6.45, 7) is 1.80. The molecule has 5 nitrogen and oxygen atoms in total.